The Morgan fingerprint density at radius 2 is 1.84 bits per heavy atom. The van der Waals surface area contributed by atoms with E-state index < -0.39 is 0 Å². The molecular formula is C15H13BrO2S. The standard InChI is InChI=1S/C15H13BrO2S/c1-18-15-5-3-2-4-13(15)14(17)10-19-12-8-6-11(16)7-9-12/h2-9H,10H2,1H3. The number of hydrogen-bond donors (Lipinski definition) is 0. The van der Waals surface area contributed by atoms with Crippen molar-refractivity contribution in [3.63, 3.8) is 0 Å². The zero-order chi connectivity index (χ0) is 13.7. The number of ether oxygens (including phenoxy) is 1. The summed E-state index contributed by atoms with van der Waals surface area (Å²) in [5.41, 5.74) is 0.634. The summed E-state index contributed by atoms with van der Waals surface area (Å²) < 4.78 is 6.23. The van der Waals surface area contributed by atoms with Crippen molar-refractivity contribution in [2.75, 3.05) is 12.9 Å². The average molecular weight is 337 g/mol. The molecule has 2 aromatic carbocycles. The van der Waals surface area contributed by atoms with Gasteiger partial charge >= 0.3 is 0 Å². The number of carbonyl (C=O) groups excluding carboxylic acids is 1. The number of rotatable bonds is 5. The van der Waals surface area contributed by atoms with Crippen molar-refractivity contribution in [3.8, 4) is 5.75 Å². The summed E-state index contributed by atoms with van der Waals surface area (Å²) in [4.78, 5) is 13.2. The number of hydrogen-bond acceptors (Lipinski definition) is 3. The third-order valence-corrected chi connectivity index (χ3v) is 4.13. The minimum atomic E-state index is 0.0744. The Hall–Kier alpha value is -1.26. The number of halogens is 1. The molecule has 0 aromatic heterocycles. The minimum absolute atomic E-state index is 0.0744. The van der Waals surface area contributed by atoms with Crippen molar-refractivity contribution in [2.45, 2.75) is 4.90 Å². The van der Waals surface area contributed by atoms with Gasteiger partial charge in [0.25, 0.3) is 0 Å². The molecule has 0 aliphatic rings. The normalized spacial score (nSPS) is 10.2. The molecular weight excluding hydrogens is 324 g/mol. The summed E-state index contributed by atoms with van der Waals surface area (Å²) in [5.74, 6) is 1.11. The Labute approximate surface area is 125 Å². The lowest BCUT2D eigenvalue weighted by atomic mass is 10.1. The number of benzene rings is 2. The Morgan fingerprint density at radius 3 is 2.53 bits per heavy atom. The fraction of sp³-hybridized carbons (Fsp3) is 0.133. The first-order valence-corrected chi connectivity index (χ1v) is 7.53. The quantitative estimate of drug-likeness (QED) is 0.596. The van der Waals surface area contributed by atoms with Crippen molar-refractivity contribution >= 4 is 33.5 Å². The van der Waals surface area contributed by atoms with E-state index in [2.05, 4.69) is 15.9 Å². The first-order chi connectivity index (χ1) is 9.20. The van der Waals surface area contributed by atoms with E-state index >= 15 is 0 Å². The third-order valence-electron chi connectivity index (χ3n) is 2.59. The molecule has 4 heteroatoms. The highest BCUT2D eigenvalue weighted by molar-refractivity contribution is 9.10. The fourth-order valence-electron chi connectivity index (χ4n) is 1.63. The number of Topliss-reactive ketones (excluding diaryl/α,β-unsaturated/α-hetero) is 1. The Morgan fingerprint density at radius 1 is 1.16 bits per heavy atom. The molecule has 0 unspecified atom stereocenters. The SMILES string of the molecule is COc1ccccc1C(=O)CSc1ccc(Br)cc1. The van der Waals surface area contributed by atoms with Gasteiger partial charge in [0.15, 0.2) is 5.78 Å². The van der Waals surface area contributed by atoms with Crippen LogP contribution in [0.15, 0.2) is 57.9 Å². The molecule has 0 N–H and O–H groups in total. The first-order valence-electron chi connectivity index (χ1n) is 5.75. The van der Waals surface area contributed by atoms with Crippen LogP contribution in [0.25, 0.3) is 0 Å². The van der Waals surface area contributed by atoms with E-state index in [1.807, 2.05) is 36.4 Å². The Kier molecular flexibility index (Phi) is 5.05. The van der Waals surface area contributed by atoms with Crippen LogP contribution in [0, 0.1) is 0 Å². The average Bonchev–Trinajstić information content (AvgIpc) is 2.46. The molecule has 2 rings (SSSR count). The third kappa shape index (κ3) is 3.85. The monoisotopic (exact) mass is 336 g/mol. The molecule has 0 spiro atoms. The van der Waals surface area contributed by atoms with E-state index in [0.29, 0.717) is 17.1 Å². The van der Waals surface area contributed by atoms with Gasteiger partial charge in [-0.3, -0.25) is 4.79 Å². The molecule has 2 nitrogen and oxygen atoms in total. The van der Waals surface area contributed by atoms with Crippen molar-refractivity contribution in [1.82, 2.24) is 0 Å². The van der Waals surface area contributed by atoms with E-state index in [0.717, 1.165) is 9.37 Å². The van der Waals surface area contributed by atoms with E-state index in [1.54, 1.807) is 19.2 Å². The number of carbonyl (C=O) groups is 1. The van der Waals surface area contributed by atoms with Gasteiger partial charge < -0.3 is 4.74 Å². The molecule has 0 aliphatic heterocycles. The Balaban J connectivity index is 2.03. The second-order valence-electron chi connectivity index (χ2n) is 3.87. The molecule has 0 saturated carbocycles. The van der Waals surface area contributed by atoms with Crippen molar-refractivity contribution < 1.29 is 9.53 Å². The highest BCUT2D eigenvalue weighted by Gasteiger charge is 2.11. The largest absolute Gasteiger partial charge is 0.496 e. The summed E-state index contributed by atoms with van der Waals surface area (Å²) in [6, 6.07) is 15.2. The van der Waals surface area contributed by atoms with Gasteiger partial charge in [0.05, 0.1) is 18.4 Å². The van der Waals surface area contributed by atoms with Gasteiger partial charge in [-0.05, 0) is 36.4 Å². The smallest absolute Gasteiger partial charge is 0.176 e. The highest BCUT2D eigenvalue weighted by atomic mass is 79.9. The predicted octanol–water partition coefficient (Wildman–Crippen LogP) is 4.43. The topological polar surface area (TPSA) is 26.3 Å². The molecule has 98 valence electrons. The second kappa shape index (κ2) is 6.78. The first kappa shape index (κ1) is 14.2. The highest BCUT2D eigenvalue weighted by Crippen LogP contribution is 2.24. The van der Waals surface area contributed by atoms with Gasteiger partial charge in [-0.2, -0.15) is 0 Å². The van der Waals surface area contributed by atoms with Crippen LogP contribution in [0.5, 0.6) is 5.75 Å². The summed E-state index contributed by atoms with van der Waals surface area (Å²) in [7, 11) is 1.58. The van der Waals surface area contributed by atoms with Gasteiger partial charge in [0.2, 0.25) is 0 Å². The van der Waals surface area contributed by atoms with Crippen LogP contribution in [-0.4, -0.2) is 18.6 Å². The molecule has 0 amide bonds. The predicted molar refractivity (Wildman–Crippen MR) is 82.2 cm³/mol. The van der Waals surface area contributed by atoms with Crippen LogP contribution in [0.4, 0.5) is 0 Å². The van der Waals surface area contributed by atoms with Gasteiger partial charge in [-0.15, -0.1) is 11.8 Å². The number of methoxy groups -OCH3 is 1. The lowest BCUT2D eigenvalue weighted by Gasteiger charge is -2.07. The lowest BCUT2D eigenvalue weighted by molar-refractivity contribution is 0.101. The summed E-state index contributed by atoms with van der Waals surface area (Å²) in [6.45, 7) is 0. The fourth-order valence-corrected chi connectivity index (χ4v) is 2.68. The lowest BCUT2D eigenvalue weighted by Crippen LogP contribution is -2.04. The van der Waals surface area contributed by atoms with Crippen LogP contribution in [0.3, 0.4) is 0 Å². The van der Waals surface area contributed by atoms with Crippen LogP contribution in [0.1, 0.15) is 10.4 Å². The van der Waals surface area contributed by atoms with Crippen molar-refractivity contribution in [2.24, 2.45) is 0 Å². The van der Waals surface area contributed by atoms with E-state index in [9.17, 15) is 4.79 Å². The van der Waals surface area contributed by atoms with Crippen LogP contribution < -0.4 is 4.74 Å². The summed E-state index contributed by atoms with van der Waals surface area (Å²) in [5, 5.41) is 0. The molecule has 0 heterocycles. The van der Waals surface area contributed by atoms with Crippen LogP contribution in [-0.2, 0) is 0 Å². The summed E-state index contributed by atoms with van der Waals surface area (Å²) in [6.07, 6.45) is 0. The minimum Gasteiger partial charge on any atom is -0.496 e. The summed E-state index contributed by atoms with van der Waals surface area (Å²) >= 11 is 4.91. The second-order valence-corrected chi connectivity index (χ2v) is 5.83. The molecule has 0 saturated heterocycles. The van der Waals surface area contributed by atoms with Gasteiger partial charge in [-0.1, -0.05) is 28.1 Å². The van der Waals surface area contributed by atoms with Gasteiger partial charge in [0.1, 0.15) is 5.75 Å². The Bertz CT molecular complexity index is 567. The zero-order valence-electron chi connectivity index (χ0n) is 10.4. The van der Waals surface area contributed by atoms with Gasteiger partial charge in [0, 0.05) is 9.37 Å². The van der Waals surface area contributed by atoms with E-state index in [4.69, 9.17) is 4.74 Å². The molecule has 0 radical (unpaired) electrons. The number of thioether (sulfide) groups is 1. The molecule has 0 aliphatic carbocycles. The molecule has 0 atom stereocenters. The van der Waals surface area contributed by atoms with Crippen LogP contribution in [0.2, 0.25) is 0 Å². The molecule has 19 heavy (non-hydrogen) atoms. The molecule has 0 fully saturated rings. The number of ketones is 1. The molecule has 0 bridgehead atoms. The van der Waals surface area contributed by atoms with Crippen LogP contribution >= 0.6 is 27.7 Å². The van der Waals surface area contributed by atoms with E-state index in [1.165, 1.54) is 11.8 Å². The number of para-hydroxylation sites is 1. The zero-order valence-corrected chi connectivity index (χ0v) is 12.8. The van der Waals surface area contributed by atoms with Gasteiger partial charge in [-0.25, -0.2) is 0 Å². The molecule has 2 aromatic rings. The van der Waals surface area contributed by atoms with E-state index in [-0.39, 0.29) is 5.78 Å². The maximum atomic E-state index is 12.2. The maximum Gasteiger partial charge on any atom is 0.176 e. The van der Waals surface area contributed by atoms with Crippen molar-refractivity contribution in [3.05, 3.63) is 58.6 Å². The van der Waals surface area contributed by atoms with Crippen molar-refractivity contribution in [1.29, 1.82) is 0 Å². The maximum absolute atomic E-state index is 12.2.